The van der Waals surface area contributed by atoms with Crippen LogP contribution in [0.15, 0.2) is 30.6 Å². The lowest BCUT2D eigenvalue weighted by Gasteiger charge is -2.35. The third-order valence-corrected chi connectivity index (χ3v) is 4.37. The summed E-state index contributed by atoms with van der Waals surface area (Å²) in [5.74, 6) is -1.59. The highest BCUT2D eigenvalue weighted by molar-refractivity contribution is 6.31. The Morgan fingerprint density at radius 1 is 1.19 bits per heavy atom. The third-order valence-electron chi connectivity index (χ3n) is 4.04. The number of aromatic nitrogens is 2. The third kappa shape index (κ3) is 4.47. The van der Waals surface area contributed by atoms with Crippen molar-refractivity contribution in [2.24, 2.45) is 0 Å². The number of hydrogen-bond acceptors (Lipinski definition) is 4. The van der Waals surface area contributed by atoms with Crippen LogP contribution >= 0.6 is 11.6 Å². The minimum atomic E-state index is -5.08. The van der Waals surface area contributed by atoms with Crippen molar-refractivity contribution in [1.29, 1.82) is 0 Å². The highest BCUT2D eigenvalue weighted by Gasteiger charge is 2.60. The van der Waals surface area contributed by atoms with Crippen LogP contribution in [0.25, 0.3) is 0 Å². The van der Waals surface area contributed by atoms with Gasteiger partial charge >= 0.3 is 6.18 Å². The first-order valence-corrected chi connectivity index (χ1v) is 8.13. The zero-order valence-electron chi connectivity index (χ0n) is 14.3. The van der Waals surface area contributed by atoms with Crippen molar-refractivity contribution in [1.82, 2.24) is 9.97 Å². The predicted octanol–water partition coefficient (Wildman–Crippen LogP) is 4.64. The molecule has 0 aliphatic carbocycles. The van der Waals surface area contributed by atoms with Gasteiger partial charge in [0.2, 0.25) is 5.60 Å². The fourth-order valence-electron chi connectivity index (χ4n) is 2.54. The molecule has 1 heterocycles. The van der Waals surface area contributed by atoms with Gasteiger partial charge in [-0.05, 0) is 24.6 Å². The zero-order valence-corrected chi connectivity index (χ0v) is 15.0. The van der Waals surface area contributed by atoms with E-state index in [-0.39, 0.29) is 16.3 Å². The maximum absolute atomic E-state index is 13.8. The molecule has 10 heteroatoms. The van der Waals surface area contributed by atoms with Crippen LogP contribution in [0.4, 0.5) is 22.0 Å². The van der Waals surface area contributed by atoms with Gasteiger partial charge in [-0.15, -0.1) is 0 Å². The van der Waals surface area contributed by atoms with Crippen molar-refractivity contribution in [3.05, 3.63) is 52.6 Å². The molecule has 2 atom stereocenters. The van der Waals surface area contributed by atoms with Crippen LogP contribution in [0.2, 0.25) is 5.02 Å². The lowest BCUT2D eigenvalue weighted by molar-refractivity contribution is -0.276. The van der Waals surface area contributed by atoms with E-state index in [4.69, 9.17) is 16.3 Å². The molecule has 2 aromatic rings. The van der Waals surface area contributed by atoms with Crippen molar-refractivity contribution in [3.8, 4) is 5.75 Å². The van der Waals surface area contributed by atoms with E-state index in [2.05, 4.69) is 9.97 Å². The van der Waals surface area contributed by atoms with Gasteiger partial charge in [0, 0.05) is 17.1 Å². The number of benzene rings is 1. The molecule has 0 fully saturated rings. The Hall–Kier alpha value is -2.00. The molecule has 1 aromatic heterocycles. The zero-order chi connectivity index (χ0) is 20.4. The molecule has 2 rings (SSSR count). The predicted molar refractivity (Wildman–Crippen MR) is 88.1 cm³/mol. The van der Waals surface area contributed by atoms with Gasteiger partial charge in [-0.1, -0.05) is 24.6 Å². The smallest absolute Gasteiger partial charge is 0.423 e. The molecule has 1 aromatic carbocycles. The molecule has 2 unspecified atom stereocenters. The summed E-state index contributed by atoms with van der Waals surface area (Å²) in [5.41, 5.74) is -3.71. The Labute approximate surface area is 157 Å². The number of aliphatic hydroxyl groups is 1. The Balaban J connectivity index is 2.44. The van der Waals surface area contributed by atoms with E-state index in [0.29, 0.717) is 5.69 Å². The molecule has 0 amide bonds. The van der Waals surface area contributed by atoms with Gasteiger partial charge in [0.25, 0.3) is 6.43 Å². The van der Waals surface area contributed by atoms with E-state index in [1.165, 1.54) is 12.1 Å². The second-order valence-electron chi connectivity index (χ2n) is 5.91. The monoisotopic (exact) mass is 410 g/mol. The van der Waals surface area contributed by atoms with Crippen molar-refractivity contribution in [2.45, 2.75) is 38.0 Å². The molecule has 0 saturated carbocycles. The first-order valence-electron chi connectivity index (χ1n) is 7.75. The fraction of sp³-hybridized carbons (Fsp3) is 0.412. The molecule has 0 bridgehead atoms. The minimum absolute atomic E-state index is 0.0260. The van der Waals surface area contributed by atoms with Gasteiger partial charge < -0.3 is 9.84 Å². The highest BCUT2D eigenvalue weighted by Crippen LogP contribution is 2.49. The molecule has 27 heavy (non-hydrogen) atoms. The Bertz CT molecular complexity index is 786. The van der Waals surface area contributed by atoms with Crippen LogP contribution in [-0.4, -0.2) is 34.3 Å². The maximum atomic E-state index is 13.8. The van der Waals surface area contributed by atoms with Gasteiger partial charge in [0.1, 0.15) is 18.1 Å². The van der Waals surface area contributed by atoms with Crippen molar-refractivity contribution in [3.63, 3.8) is 0 Å². The van der Waals surface area contributed by atoms with Crippen LogP contribution in [0.3, 0.4) is 0 Å². The van der Waals surface area contributed by atoms with E-state index >= 15 is 0 Å². The number of halogens is 6. The summed E-state index contributed by atoms with van der Waals surface area (Å²) in [4.78, 5) is 7.44. The Kier molecular flexibility index (Phi) is 6.26. The maximum Gasteiger partial charge on any atom is 0.423 e. The van der Waals surface area contributed by atoms with Gasteiger partial charge in [-0.2, -0.15) is 13.2 Å². The summed E-state index contributed by atoms with van der Waals surface area (Å²) in [6.45, 7) is 1.80. The first kappa shape index (κ1) is 21.3. The number of nitrogens with zero attached hydrogens (tertiary/aromatic N) is 2. The lowest BCUT2D eigenvalue weighted by Crippen LogP contribution is -2.47. The van der Waals surface area contributed by atoms with Crippen molar-refractivity contribution in [2.75, 3.05) is 6.61 Å². The highest BCUT2D eigenvalue weighted by atomic mass is 35.5. The van der Waals surface area contributed by atoms with Gasteiger partial charge in [-0.3, -0.25) is 9.97 Å². The minimum Gasteiger partial charge on any atom is -0.488 e. The number of rotatable bonds is 6. The summed E-state index contributed by atoms with van der Waals surface area (Å²) in [5, 5.41) is 10.4. The lowest BCUT2D eigenvalue weighted by atomic mass is 9.80. The summed E-state index contributed by atoms with van der Waals surface area (Å²) >= 11 is 6.03. The van der Waals surface area contributed by atoms with Crippen LogP contribution < -0.4 is 4.74 Å². The van der Waals surface area contributed by atoms with Crippen LogP contribution in [0, 0.1) is 6.92 Å². The van der Waals surface area contributed by atoms with Crippen LogP contribution in [0.5, 0.6) is 5.75 Å². The van der Waals surface area contributed by atoms with E-state index < -0.39 is 36.4 Å². The number of hydrogen-bond donors (Lipinski definition) is 1. The van der Waals surface area contributed by atoms with Gasteiger partial charge in [0.15, 0.2) is 0 Å². The molecule has 4 nitrogen and oxygen atoms in total. The largest absolute Gasteiger partial charge is 0.488 e. The quantitative estimate of drug-likeness (QED) is 0.705. The van der Waals surface area contributed by atoms with E-state index in [1.807, 2.05) is 0 Å². The molecule has 0 aliphatic rings. The second kappa shape index (κ2) is 7.93. The van der Waals surface area contributed by atoms with Gasteiger partial charge in [0.05, 0.1) is 11.9 Å². The van der Waals surface area contributed by atoms with Crippen molar-refractivity contribution >= 4 is 11.6 Å². The Morgan fingerprint density at radius 2 is 1.85 bits per heavy atom. The van der Waals surface area contributed by atoms with E-state index in [9.17, 15) is 27.1 Å². The summed E-state index contributed by atoms with van der Waals surface area (Å²) in [7, 11) is 0. The second-order valence-corrected chi connectivity index (χ2v) is 6.32. The molecular weight excluding hydrogens is 395 g/mol. The molecule has 0 aliphatic heterocycles. The van der Waals surface area contributed by atoms with Crippen LogP contribution in [0.1, 0.15) is 29.8 Å². The van der Waals surface area contributed by atoms with Crippen molar-refractivity contribution < 1.29 is 31.8 Å². The normalized spacial score (nSPS) is 15.5. The SMILES string of the molecule is Cc1cnc(C(O)(C(C)c2ccc(OCC(F)F)cc2Cl)C(F)(F)F)cn1. The van der Waals surface area contributed by atoms with E-state index in [1.54, 1.807) is 6.92 Å². The number of alkyl halides is 5. The number of aryl methyl sites for hydroxylation is 1. The molecule has 0 radical (unpaired) electrons. The van der Waals surface area contributed by atoms with Gasteiger partial charge in [-0.25, -0.2) is 8.78 Å². The fourth-order valence-corrected chi connectivity index (χ4v) is 2.87. The Morgan fingerprint density at radius 3 is 2.33 bits per heavy atom. The topological polar surface area (TPSA) is 55.2 Å². The average Bonchev–Trinajstić information content (AvgIpc) is 2.58. The summed E-state index contributed by atoms with van der Waals surface area (Å²) < 4.78 is 70.5. The molecule has 148 valence electrons. The summed E-state index contributed by atoms with van der Waals surface area (Å²) in [6.07, 6.45) is -5.82. The summed E-state index contributed by atoms with van der Waals surface area (Å²) in [6, 6.07) is 3.51. The average molecular weight is 411 g/mol. The molecule has 1 N–H and O–H groups in total. The van der Waals surface area contributed by atoms with E-state index in [0.717, 1.165) is 25.4 Å². The first-order chi connectivity index (χ1) is 12.5. The van der Waals surface area contributed by atoms with Crippen LogP contribution in [-0.2, 0) is 5.60 Å². The molecular formula is C17H16ClF5N2O2. The molecule has 0 spiro atoms. The number of ether oxygens (including phenoxy) is 1. The standard InChI is InChI=1S/C17H16ClF5N2O2/c1-9-6-25-14(7-24-9)16(26,17(21,22)23)10(2)12-4-3-11(5-13(12)18)27-8-15(19)20/h3-7,10,15,26H,8H2,1-2H3. The molecule has 0 saturated heterocycles.